The minimum absolute atomic E-state index is 0.0260. The molecular weight excluding hydrogens is 254 g/mol. The molecule has 0 bridgehead atoms. The van der Waals surface area contributed by atoms with Crippen LogP contribution >= 0.6 is 22.9 Å². The fourth-order valence-electron chi connectivity index (χ4n) is 1.51. The second-order valence-corrected chi connectivity index (χ2v) is 5.11. The molecule has 1 atom stereocenters. The molecule has 0 aliphatic heterocycles. The van der Waals surface area contributed by atoms with Crippen molar-refractivity contribution >= 4 is 28.8 Å². The number of hydrogen-bond acceptors (Lipinski definition) is 2. The fourth-order valence-corrected chi connectivity index (χ4v) is 2.26. The summed E-state index contributed by atoms with van der Waals surface area (Å²) in [5, 5.41) is 5.54. The lowest BCUT2D eigenvalue weighted by Crippen LogP contribution is -2.25. The first-order chi connectivity index (χ1) is 8.16. The van der Waals surface area contributed by atoms with Crippen molar-refractivity contribution in [1.82, 2.24) is 5.32 Å². The number of hydrogen-bond donors (Lipinski definition) is 1. The molecule has 1 aromatic heterocycles. The Morgan fingerprint density at radius 1 is 1.29 bits per heavy atom. The van der Waals surface area contributed by atoms with Crippen LogP contribution in [-0.4, -0.2) is 5.91 Å². The Bertz CT molecular complexity index is 493. The number of thiophene rings is 1. The van der Waals surface area contributed by atoms with Crippen molar-refractivity contribution in [3.63, 3.8) is 0 Å². The van der Waals surface area contributed by atoms with E-state index >= 15 is 0 Å². The van der Waals surface area contributed by atoms with E-state index < -0.39 is 0 Å². The van der Waals surface area contributed by atoms with Crippen molar-refractivity contribution < 1.29 is 4.79 Å². The van der Waals surface area contributed by atoms with Gasteiger partial charge in [0.1, 0.15) is 0 Å². The van der Waals surface area contributed by atoms with E-state index in [0.717, 1.165) is 10.4 Å². The Morgan fingerprint density at radius 3 is 2.59 bits per heavy atom. The highest BCUT2D eigenvalue weighted by atomic mass is 35.5. The van der Waals surface area contributed by atoms with Crippen molar-refractivity contribution in [2.75, 3.05) is 0 Å². The quantitative estimate of drug-likeness (QED) is 0.896. The van der Waals surface area contributed by atoms with Crippen molar-refractivity contribution in [2.24, 2.45) is 0 Å². The predicted octanol–water partition coefficient (Wildman–Crippen LogP) is 3.89. The van der Waals surface area contributed by atoms with E-state index in [9.17, 15) is 4.79 Å². The van der Waals surface area contributed by atoms with Crippen molar-refractivity contribution in [2.45, 2.75) is 13.0 Å². The molecule has 1 aromatic carbocycles. The topological polar surface area (TPSA) is 29.1 Å². The minimum atomic E-state index is -0.0394. The smallest absolute Gasteiger partial charge is 0.261 e. The normalized spacial score (nSPS) is 12.1. The van der Waals surface area contributed by atoms with E-state index in [1.807, 2.05) is 48.7 Å². The third kappa shape index (κ3) is 3.08. The van der Waals surface area contributed by atoms with Gasteiger partial charge in [-0.15, -0.1) is 11.3 Å². The molecule has 17 heavy (non-hydrogen) atoms. The molecule has 0 radical (unpaired) electrons. The van der Waals surface area contributed by atoms with E-state index in [4.69, 9.17) is 11.6 Å². The maximum Gasteiger partial charge on any atom is 0.261 e. The molecule has 0 aliphatic carbocycles. The second kappa shape index (κ2) is 5.34. The Morgan fingerprint density at radius 2 is 2.00 bits per heavy atom. The van der Waals surface area contributed by atoms with Gasteiger partial charge in [0.15, 0.2) is 0 Å². The summed E-state index contributed by atoms with van der Waals surface area (Å²) in [6.45, 7) is 1.95. The highest BCUT2D eigenvalue weighted by molar-refractivity contribution is 7.12. The largest absolute Gasteiger partial charge is 0.345 e. The Balaban J connectivity index is 2.04. The Labute approximate surface area is 109 Å². The number of amides is 1. The van der Waals surface area contributed by atoms with Gasteiger partial charge in [0, 0.05) is 5.02 Å². The lowest BCUT2D eigenvalue weighted by Gasteiger charge is -2.13. The van der Waals surface area contributed by atoms with E-state index in [2.05, 4.69) is 5.32 Å². The lowest BCUT2D eigenvalue weighted by atomic mass is 10.1. The summed E-state index contributed by atoms with van der Waals surface area (Å²) < 4.78 is 0. The molecule has 1 N–H and O–H groups in total. The van der Waals surface area contributed by atoms with Crippen LogP contribution in [-0.2, 0) is 0 Å². The molecule has 0 aliphatic rings. The maximum absolute atomic E-state index is 11.8. The monoisotopic (exact) mass is 265 g/mol. The molecule has 2 aromatic rings. The SMILES string of the molecule is C[C@H](NC(=O)c1cccs1)c1ccc(Cl)cc1. The predicted molar refractivity (Wildman–Crippen MR) is 71.7 cm³/mol. The Hall–Kier alpha value is -1.32. The Kier molecular flexibility index (Phi) is 3.82. The van der Waals surface area contributed by atoms with Gasteiger partial charge in [-0.25, -0.2) is 0 Å². The third-order valence-corrected chi connectivity index (χ3v) is 3.58. The van der Waals surface area contributed by atoms with Crippen LogP contribution in [0.15, 0.2) is 41.8 Å². The standard InChI is InChI=1S/C13H12ClNOS/c1-9(10-4-6-11(14)7-5-10)15-13(16)12-3-2-8-17-12/h2-9H,1H3,(H,15,16)/t9-/m0/s1. The zero-order valence-corrected chi connectivity index (χ0v) is 10.9. The average molecular weight is 266 g/mol. The van der Waals surface area contributed by atoms with Crippen molar-refractivity contribution in [3.05, 3.63) is 57.2 Å². The number of rotatable bonds is 3. The number of nitrogens with one attached hydrogen (secondary N) is 1. The molecule has 1 heterocycles. The molecule has 2 nitrogen and oxygen atoms in total. The molecule has 0 saturated heterocycles. The molecule has 88 valence electrons. The van der Waals surface area contributed by atoms with Gasteiger partial charge in [0.05, 0.1) is 10.9 Å². The van der Waals surface area contributed by atoms with Crippen LogP contribution in [0.25, 0.3) is 0 Å². The van der Waals surface area contributed by atoms with Gasteiger partial charge >= 0.3 is 0 Å². The van der Waals surface area contributed by atoms with Crippen LogP contribution < -0.4 is 5.32 Å². The fraction of sp³-hybridized carbons (Fsp3) is 0.154. The number of halogens is 1. The van der Waals surface area contributed by atoms with Crippen LogP contribution in [0.5, 0.6) is 0 Å². The summed E-state index contributed by atoms with van der Waals surface area (Å²) >= 11 is 7.26. The zero-order chi connectivity index (χ0) is 12.3. The minimum Gasteiger partial charge on any atom is -0.345 e. The number of benzene rings is 1. The molecular formula is C13H12ClNOS. The van der Waals surface area contributed by atoms with Gasteiger partial charge in [0.25, 0.3) is 5.91 Å². The van der Waals surface area contributed by atoms with Gasteiger partial charge in [-0.3, -0.25) is 4.79 Å². The van der Waals surface area contributed by atoms with E-state index in [1.54, 1.807) is 0 Å². The van der Waals surface area contributed by atoms with Crippen molar-refractivity contribution in [1.29, 1.82) is 0 Å². The van der Waals surface area contributed by atoms with Gasteiger partial charge in [-0.05, 0) is 36.1 Å². The molecule has 4 heteroatoms. The summed E-state index contributed by atoms with van der Waals surface area (Å²) in [6.07, 6.45) is 0. The molecule has 1 amide bonds. The highest BCUT2D eigenvalue weighted by Crippen LogP contribution is 2.17. The lowest BCUT2D eigenvalue weighted by molar-refractivity contribution is 0.0944. The van der Waals surface area contributed by atoms with Crippen molar-refractivity contribution in [3.8, 4) is 0 Å². The van der Waals surface area contributed by atoms with Gasteiger partial charge in [-0.2, -0.15) is 0 Å². The van der Waals surface area contributed by atoms with Gasteiger partial charge < -0.3 is 5.32 Å². The first-order valence-electron chi connectivity index (χ1n) is 5.26. The molecule has 0 fully saturated rings. The number of carbonyl (C=O) groups excluding carboxylic acids is 1. The van der Waals surface area contributed by atoms with Crippen LogP contribution in [0.2, 0.25) is 5.02 Å². The molecule has 0 spiro atoms. The number of carbonyl (C=O) groups is 1. The third-order valence-electron chi connectivity index (χ3n) is 2.46. The summed E-state index contributed by atoms with van der Waals surface area (Å²) in [5.41, 5.74) is 1.04. The second-order valence-electron chi connectivity index (χ2n) is 3.72. The average Bonchev–Trinajstić information content (AvgIpc) is 2.83. The molecule has 2 rings (SSSR count). The maximum atomic E-state index is 11.8. The zero-order valence-electron chi connectivity index (χ0n) is 9.31. The summed E-state index contributed by atoms with van der Waals surface area (Å²) in [6, 6.07) is 11.1. The van der Waals surface area contributed by atoms with Crippen LogP contribution in [0.4, 0.5) is 0 Å². The first-order valence-corrected chi connectivity index (χ1v) is 6.52. The van der Waals surface area contributed by atoms with E-state index in [0.29, 0.717) is 5.02 Å². The highest BCUT2D eigenvalue weighted by Gasteiger charge is 2.11. The van der Waals surface area contributed by atoms with Crippen LogP contribution in [0, 0.1) is 0 Å². The van der Waals surface area contributed by atoms with Crippen LogP contribution in [0.1, 0.15) is 28.2 Å². The van der Waals surface area contributed by atoms with Gasteiger partial charge in [-0.1, -0.05) is 29.8 Å². The van der Waals surface area contributed by atoms with Gasteiger partial charge in [0.2, 0.25) is 0 Å². The molecule has 0 saturated carbocycles. The van der Waals surface area contributed by atoms with E-state index in [1.165, 1.54) is 11.3 Å². The molecule has 0 unspecified atom stereocenters. The summed E-state index contributed by atoms with van der Waals surface area (Å²) in [7, 11) is 0. The summed E-state index contributed by atoms with van der Waals surface area (Å²) in [4.78, 5) is 12.6. The summed E-state index contributed by atoms with van der Waals surface area (Å²) in [5.74, 6) is -0.0394. The van der Waals surface area contributed by atoms with E-state index in [-0.39, 0.29) is 11.9 Å². The van der Waals surface area contributed by atoms with Crippen LogP contribution in [0.3, 0.4) is 0 Å². The first kappa shape index (κ1) is 12.1.